The van der Waals surface area contributed by atoms with Crippen molar-refractivity contribution in [3.8, 4) is 0 Å². The lowest BCUT2D eigenvalue weighted by atomic mass is 9.62. The maximum Gasteiger partial charge on any atom is 0.163 e. The van der Waals surface area contributed by atoms with Crippen molar-refractivity contribution in [3.05, 3.63) is 59.2 Å². The SMILES string of the molecule is CCc1ccc2cc3c(cc2c1)C(=O)CCC31CC2C=CC1C2. The number of allylic oxidation sites excluding steroid dienone is 2. The third kappa shape index (κ3) is 1.77. The van der Waals surface area contributed by atoms with Crippen LogP contribution in [0, 0.1) is 11.8 Å². The van der Waals surface area contributed by atoms with Gasteiger partial charge in [-0.05, 0) is 71.6 Å². The smallest absolute Gasteiger partial charge is 0.163 e. The van der Waals surface area contributed by atoms with Crippen molar-refractivity contribution in [1.82, 2.24) is 0 Å². The fraction of sp³-hybridized carbons (Fsp3) is 0.409. The molecule has 5 rings (SSSR count). The first-order valence-corrected chi connectivity index (χ1v) is 8.98. The van der Waals surface area contributed by atoms with E-state index in [1.807, 2.05) is 0 Å². The van der Waals surface area contributed by atoms with E-state index in [9.17, 15) is 4.79 Å². The molecule has 0 aromatic heterocycles. The minimum Gasteiger partial charge on any atom is -0.294 e. The summed E-state index contributed by atoms with van der Waals surface area (Å²) < 4.78 is 0. The van der Waals surface area contributed by atoms with Gasteiger partial charge in [-0.2, -0.15) is 0 Å². The van der Waals surface area contributed by atoms with Crippen LogP contribution in [0.3, 0.4) is 0 Å². The van der Waals surface area contributed by atoms with E-state index in [2.05, 4.69) is 49.4 Å². The second kappa shape index (κ2) is 4.56. The van der Waals surface area contributed by atoms with Crippen molar-refractivity contribution in [2.24, 2.45) is 11.8 Å². The normalized spacial score (nSPS) is 31.3. The van der Waals surface area contributed by atoms with Gasteiger partial charge in [0.05, 0.1) is 0 Å². The standard InChI is InChI=1S/C22H22O/c1-2-14-3-5-16-12-20-19(11-17(16)9-14)21(23)7-8-22(20)13-15-4-6-18(22)10-15/h3-6,9,11-12,15,18H,2,7-8,10,13H2,1H3. The average molecular weight is 302 g/mol. The second-order valence-corrected chi connectivity index (χ2v) is 7.70. The molecule has 3 atom stereocenters. The summed E-state index contributed by atoms with van der Waals surface area (Å²) in [5, 5.41) is 2.52. The molecule has 0 aliphatic heterocycles. The van der Waals surface area contributed by atoms with E-state index >= 15 is 0 Å². The number of rotatable bonds is 1. The van der Waals surface area contributed by atoms with E-state index in [4.69, 9.17) is 0 Å². The van der Waals surface area contributed by atoms with E-state index < -0.39 is 0 Å². The zero-order valence-corrected chi connectivity index (χ0v) is 13.6. The molecule has 1 saturated carbocycles. The van der Waals surface area contributed by atoms with Gasteiger partial charge < -0.3 is 0 Å². The molecule has 0 amide bonds. The van der Waals surface area contributed by atoms with Gasteiger partial charge in [0.25, 0.3) is 0 Å². The number of carbonyl (C=O) groups excluding carboxylic acids is 1. The van der Waals surface area contributed by atoms with Crippen LogP contribution in [-0.4, -0.2) is 5.78 Å². The number of Topliss-reactive ketones (excluding diaryl/α,β-unsaturated/α-hetero) is 1. The van der Waals surface area contributed by atoms with Gasteiger partial charge in [-0.3, -0.25) is 4.79 Å². The lowest BCUT2D eigenvalue weighted by Crippen LogP contribution is -2.36. The Hall–Kier alpha value is -1.89. The fourth-order valence-corrected chi connectivity index (χ4v) is 5.37. The summed E-state index contributed by atoms with van der Waals surface area (Å²) in [7, 11) is 0. The van der Waals surface area contributed by atoms with Crippen LogP contribution >= 0.6 is 0 Å². The summed E-state index contributed by atoms with van der Waals surface area (Å²) in [6.07, 6.45) is 10.2. The maximum absolute atomic E-state index is 12.6. The van der Waals surface area contributed by atoms with Gasteiger partial charge in [-0.25, -0.2) is 0 Å². The fourth-order valence-electron chi connectivity index (χ4n) is 5.37. The number of benzene rings is 2. The van der Waals surface area contributed by atoms with E-state index in [1.165, 1.54) is 34.7 Å². The monoisotopic (exact) mass is 302 g/mol. The van der Waals surface area contributed by atoms with Crippen molar-refractivity contribution in [2.75, 3.05) is 0 Å². The molecule has 116 valence electrons. The highest BCUT2D eigenvalue weighted by molar-refractivity contribution is 6.03. The van der Waals surface area contributed by atoms with Crippen molar-refractivity contribution in [1.29, 1.82) is 0 Å². The van der Waals surface area contributed by atoms with E-state index in [1.54, 1.807) is 0 Å². The molecule has 0 saturated heterocycles. The highest BCUT2D eigenvalue weighted by Crippen LogP contribution is 2.58. The average Bonchev–Trinajstić information content (AvgIpc) is 3.18. The molecule has 3 unspecified atom stereocenters. The topological polar surface area (TPSA) is 17.1 Å². The maximum atomic E-state index is 12.6. The molecular formula is C22H22O. The number of hydrogen-bond acceptors (Lipinski definition) is 1. The summed E-state index contributed by atoms with van der Waals surface area (Å²) in [4.78, 5) is 12.6. The molecule has 2 bridgehead atoms. The number of aryl methyl sites for hydroxylation is 1. The van der Waals surface area contributed by atoms with Crippen LogP contribution in [0.25, 0.3) is 10.8 Å². The number of ketones is 1. The van der Waals surface area contributed by atoms with Crippen molar-refractivity contribution < 1.29 is 4.79 Å². The van der Waals surface area contributed by atoms with Gasteiger partial charge in [-0.15, -0.1) is 0 Å². The number of carbonyl (C=O) groups is 1. The predicted molar refractivity (Wildman–Crippen MR) is 93.9 cm³/mol. The van der Waals surface area contributed by atoms with Gasteiger partial charge in [0, 0.05) is 17.4 Å². The minimum absolute atomic E-state index is 0.236. The Balaban J connectivity index is 1.75. The largest absolute Gasteiger partial charge is 0.294 e. The van der Waals surface area contributed by atoms with Crippen molar-refractivity contribution >= 4 is 16.6 Å². The lowest BCUT2D eigenvalue weighted by molar-refractivity contribution is 0.0944. The molecule has 0 N–H and O–H groups in total. The minimum atomic E-state index is 0.236. The van der Waals surface area contributed by atoms with Crippen LogP contribution < -0.4 is 0 Å². The van der Waals surface area contributed by atoms with Crippen LogP contribution in [-0.2, 0) is 11.8 Å². The van der Waals surface area contributed by atoms with E-state index in [0.717, 1.165) is 30.7 Å². The Morgan fingerprint density at radius 2 is 2.04 bits per heavy atom. The number of hydrogen-bond donors (Lipinski definition) is 0. The van der Waals surface area contributed by atoms with E-state index in [-0.39, 0.29) is 5.41 Å². The molecule has 23 heavy (non-hydrogen) atoms. The van der Waals surface area contributed by atoms with Crippen LogP contribution in [0.4, 0.5) is 0 Å². The van der Waals surface area contributed by atoms with Crippen LogP contribution in [0.15, 0.2) is 42.5 Å². The van der Waals surface area contributed by atoms with Gasteiger partial charge in [0.1, 0.15) is 0 Å². The first kappa shape index (κ1) is 13.5. The molecule has 1 nitrogen and oxygen atoms in total. The molecule has 0 radical (unpaired) electrons. The van der Waals surface area contributed by atoms with Gasteiger partial charge >= 0.3 is 0 Å². The van der Waals surface area contributed by atoms with E-state index in [0.29, 0.717) is 11.7 Å². The Labute approximate surface area is 137 Å². The summed E-state index contributed by atoms with van der Waals surface area (Å²) in [6, 6.07) is 11.3. The Morgan fingerprint density at radius 3 is 2.78 bits per heavy atom. The molecule has 1 spiro atoms. The summed E-state index contributed by atoms with van der Waals surface area (Å²) in [6.45, 7) is 2.18. The first-order chi connectivity index (χ1) is 11.2. The third-order valence-electron chi connectivity index (χ3n) is 6.59. The second-order valence-electron chi connectivity index (χ2n) is 7.70. The Kier molecular flexibility index (Phi) is 2.69. The zero-order valence-electron chi connectivity index (χ0n) is 13.6. The van der Waals surface area contributed by atoms with Crippen LogP contribution in [0.2, 0.25) is 0 Å². The molecular weight excluding hydrogens is 280 g/mol. The van der Waals surface area contributed by atoms with Crippen LogP contribution in [0.1, 0.15) is 54.1 Å². The van der Waals surface area contributed by atoms with Gasteiger partial charge in [0.15, 0.2) is 5.78 Å². The summed E-state index contributed by atoms with van der Waals surface area (Å²) >= 11 is 0. The first-order valence-electron chi connectivity index (χ1n) is 8.98. The lowest BCUT2D eigenvalue weighted by Gasteiger charge is -2.40. The highest BCUT2D eigenvalue weighted by Gasteiger charge is 2.52. The molecule has 0 heterocycles. The molecule has 1 heteroatoms. The Morgan fingerprint density at radius 1 is 1.13 bits per heavy atom. The molecule has 2 aromatic carbocycles. The quantitative estimate of drug-likeness (QED) is 0.661. The zero-order chi connectivity index (χ0) is 15.6. The van der Waals surface area contributed by atoms with Gasteiger partial charge in [-0.1, -0.05) is 37.3 Å². The van der Waals surface area contributed by atoms with Crippen LogP contribution in [0.5, 0.6) is 0 Å². The molecule has 3 aliphatic carbocycles. The number of fused-ring (bicyclic) bond motifs is 6. The molecule has 2 aromatic rings. The summed E-state index contributed by atoms with van der Waals surface area (Å²) in [5.41, 5.74) is 3.94. The van der Waals surface area contributed by atoms with Crippen molar-refractivity contribution in [2.45, 2.75) is 44.4 Å². The highest BCUT2D eigenvalue weighted by atomic mass is 16.1. The third-order valence-corrected chi connectivity index (χ3v) is 6.59. The summed E-state index contributed by atoms with van der Waals surface area (Å²) in [5.74, 6) is 1.73. The van der Waals surface area contributed by atoms with Gasteiger partial charge in [0.2, 0.25) is 0 Å². The van der Waals surface area contributed by atoms with Crippen molar-refractivity contribution in [3.63, 3.8) is 0 Å². The predicted octanol–water partition coefficient (Wildman–Crippen LogP) is 5.21. The molecule has 3 aliphatic rings. The molecule has 1 fully saturated rings. The Bertz CT molecular complexity index is 860.